The highest BCUT2D eigenvalue weighted by Crippen LogP contribution is 2.31. The average molecular weight is 401 g/mol. The minimum atomic E-state index is -0.0624. The van der Waals surface area contributed by atoms with E-state index in [-0.39, 0.29) is 5.56 Å². The van der Waals surface area contributed by atoms with Crippen LogP contribution in [-0.4, -0.2) is 19.6 Å². The Labute approximate surface area is 157 Å². The molecule has 0 aromatic carbocycles. The fraction of sp³-hybridized carbons (Fsp3) is 0.467. The van der Waals surface area contributed by atoms with Gasteiger partial charge in [-0.3, -0.25) is 4.79 Å². The highest BCUT2D eigenvalue weighted by Gasteiger charge is 2.17. The van der Waals surface area contributed by atoms with Gasteiger partial charge in [0.05, 0.1) is 5.39 Å². The van der Waals surface area contributed by atoms with Crippen molar-refractivity contribution in [3.05, 3.63) is 30.8 Å². The largest absolute Gasteiger partial charge is 0.301 e. The van der Waals surface area contributed by atoms with Crippen LogP contribution in [0.3, 0.4) is 0 Å². The number of fused-ring (bicyclic) bond motifs is 1. The maximum absolute atomic E-state index is 12.6. The molecular formula is C15H17ClN4OS3. The topological polar surface area (TPSA) is 71.5 Å². The summed E-state index contributed by atoms with van der Waals surface area (Å²) in [6.07, 6.45) is 2.01. The second-order valence-electron chi connectivity index (χ2n) is 5.69. The Morgan fingerprint density at radius 3 is 2.88 bits per heavy atom. The van der Waals surface area contributed by atoms with E-state index in [2.05, 4.69) is 40.3 Å². The molecule has 128 valence electrons. The molecule has 9 heteroatoms. The number of aromatic nitrogens is 4. The Morgan fingerprint density at radius 1 is 1.42 bits per heavy atom. The zero-order valence-corrected chi connectivity index (χ0v) is 16.8. The Balaban J connectivity index is 1.90. The van der Waals surface area contributed by atoms with E-state index in [9.17, 15) is 4.79 Å². The number of H-pyrrole nitrogens is 1. The number of halogens is 1. The first-order chi connectivity index (χ1) is 11.5. The fourth-order valence-electron chi connectivity index (χ4n) is 2.38. The predicted octanol–water partition coefficient (Wildman–Crippen LogP) is 4.68. The van der Waals surface area contributed by atoms with Gasteiger partial charge < -0.3 is 4.98 Å². The van der Waals surface area contributed by atoms with Crippen molar-refractivity contribution in [3.63, 3.8) is 0 Å². The van der Waals surface area contributed by atoms with Gasteiger partial charge in [-0.25, -0.2) is 4.98 Å². The minimum absolute atomic E-state index is 0.0624. The molecule has 24 heavy (non-hydrogen) atoms. The second-order valence-corrected chi connectivity index (χ2v) is 9.21. The van der Waals surface area contributed by atoms with Crippen LogP contribution in [-0.2, 0) is 12.2 Å². The third kappa shape index (κ3) is 3.66. The Morgan fingerprint density at radius 2 is 2.21 bits per heavy atom. The zero-order chi connectivity index (χ0) is 17.3. The second kappa shape index (κ2) is 7.51. The van der Waals surface area contributed by atoms with Crippen molar-refractivity contribution in [2.45, 2.75) is 44.5 Å². The summed E-state index contributed by atoms with van der Waals surface area (Å²) in [7, 11) is 0. The van der Waals surface area contributed by atoms with Crippen molar-refractivity contribution in [2.75, 3.05) is 0 Å². The van der Waals surface area contributed by atoms with Crippen molar-refractivity contribution >= 4 is 56.4 Å². The van der Waals surface area contributed by atoms with Crippen LogP contribution < -0.4 is 5.56 Å². The van der Waals surface area contributed by atoms with E-state index >= 15 is 0 Å². The molecule has 3 aromatic heterocycles. The summed E-state index contributed by atoms with van der Waals surface area (Å²) >= 11 is 10.2. The van der Waals surface area contributed by atoms with E-state index in [4.69, 9.17) is 11.6 Å². The Bertz CT molecular complexity index is 917. The summed E-state index contributed by atoms with van der Waals surface area (Å²) < 4.78 is 4.39. The molecule has 0 aliphatic carbocycles. The number of aryl methyl sites for hydroxylation is 1. The van der Waals surface area contributed by atoms with Crippen LogP contribution in [0.5, 0.6) is 0 Å². The molecule has 1 atom stereocenters. The lowest BCUT2D eigenvalue weighted by Gasteiger charge is -2.08. The van der Waals surface area contributed by atoms with Crippen LogP contribution in [0.2, 0.25) is 4.34 Å². The highest BCUT2D eigenvalue weighted by molar-refractivity contribution is 7.98. The third-order valence-corrected chi connectivity index (χ3v) is 6.86. The molecular weight excluding hydrogens is 384 g/mol. The lowest BCUT2D eigenvalue weighted by molar-refractivity contribution is 0.561. The van der Waals surface area contributed by atoms with Gasteiger partial charge in [0, 0.05) is 22.2 Å². The van der Waals surface area contributed by atoms with E-state index in [0.29, 0.717) is 26.9 Å². The van der Waals surface area contributed by atoms with Gasteiger partial charge in [-0.2, -0.15) is 0 Å². The molecule has 0 spiro atoms. The Kier molecular flexibility index (Phi) is 5.59. The first-order valence-corrected chi connectivity index (χ1v) is 10.6. The molecule has 0 saturated heterocycles. The normalized spacial score (nSPS) is 12.8. The van der Waals surface area contributed by atoms with Crippen molar-refractivity contribution < 1.29 is 0 Å². The summed E-state index contributed by atoms with van der Waals surface area (Å²) in [5.74, 6) is 1.09. The molecule has 0 aliphatic heterocycles. The maximum Gasteiger partial charge on any atom is 0.260 e. The first-order valence-electron chi connectivity index (χ1n) is 7.61. The molecule has 3 aromatic rings. The van der Waals surface area contributed by atoms with Gasteiger partial charge in [-0.05, 0) is 24.8 Å². The van der Waals surface area contributed by atoms with E-state index in [1.807, 2.05) is 0 Å². The molecule has 0 aliphatic rings. The number of hydrogen-bond donors (Lipinski definition) is 1. The monoisotopic (exact) mass is 400 g/mol. The first kappa shape index (κ1) is 17.8. The molecule has 0 bridgehead atoms. The lowest BCUT2D eigenvalue weighted by Crippen LogP contribution is -2.11. The van der Waals surface area contributed by atoms with Gasteiger partial charge in [0.25, 0.3) is 5.56 Å². The standard InChI is InChI=1S/C15H17ClN4OS3/c1-4-7(2)5-9-8(3)23-14-11(9)13(21)17-15(18-14)22-6-10-12(16)24-20-19-10/h7H,4-6H2,1-3H3,(H,17,18,21). The van der Waals surface area contributed by atoms with Crippen molar-refractivity contribution in [1.82, 2.24) is 19.6 Å². The number of aromatic amines is 1. The summed E-state index contributed by atoms with van der Waals surface area (Å²) in [5.41, 5.74) is 1.79. The van der Waals surface area contributed by atoms with Crippen LogP contribution in [0.1, 0.15) is 36.4 Å². The van der Waals surface area contributed by atoms with Crippen molar-refractivity contribution in [3.8, 4) is 0 Å². The van der Waals surface area contributed by atoms with Gasteiger partial charge in [0.15, 0.2) is 5.16 Å². The predicted molar refractivity (Wildman–Crippen MR) is 103 cm³/mol. The Hall–Kier alpha value is -0.960. The summed E-state index contributed by atoms with van der Waals surface area (Å²) in [5, 5.41) is 5.31. The quantitative estimate of drug-likeness (QED) is 0.480. The van der Waals surface area contributed by atoms with Gasteiger partial charge in [0.2, 0.25) is 0 Å². The van der Waals surface area contributed by atoms with E-state index in [0.717, 1.165) is 40.2 Å². The van der Waals surface area contributed by atoms with E-state index in [1.165, 1.54) is 16.6 Å². The van der Waals surface area contributed by atoms with Crippen LogP contribution in [0.15, 0.2) is 9.95 Å². The summed E-state index contributed by atoms with van der Waals surface area (Å²) in [4.78, 5) is 22.1. The van der Waals surface area contributed by atoms with Crippen molar-refractivity contribution in [2.24, 2.45) is 5.92 Å². The van der Waals surface area contributed by atoms with E-state index < -0.39 is 0 Å². The molecule has 1 unspecified atom stereocenters. The highest BCUT2D eigenvalue weighted by atomic mass is 35.5. The van der Waals surface area contributed by atoms with Crippen LogP contribution >= 0.6 is 46.2 Å². The molecule has 3 rings (SSSR count). The zero-order valence-electron chi connectivity index (χ0n) is 13.6. The number of thioether (sulfide) groups is 1. The number of nitrogens with one attached hydrogen (secondary N) is 1. The molecule has 1 N–H and O–H groups in total. The maximum atomic E-state index is 12.6. The van der Waals surface area contributed by atoms with Crippen LogP contribution in [0.4, 0.5) is 0 Å². The molecule has 0 saturated carbocycles. The van der Waals surface area contributed by atoms with Crippen LogP contribution in [0, 0.1) is 12.8 Å². The van der Waals surface area contributed by atoms with Gasteiger partial charge in [-0.15, -0.1) is 16.4 Å². The van der Waals surface area contributed by atoms with E-state index in [1.54, 1.807) is 11.3 Å². The van der Waals surface area contributed by atoms with Gasteiger partial charge in [-0.1, -0.05) is 48.1 Å². The SMILES string of the molecule is CCC(C)Cc1c(C)sc2nc(SCc3nnsc3Cl)[nH]c(=O)c12. The van der Waals surface area contributed by atoms with Crippen LogP contribution in [0.25, 0.3) is 10.2 Å². The molecule has 0 radical (unpaired) electrons. The number of hydrogen-bond acceptors (Lipinski definition) is 7. The minimum Gasteiger partial charge on any atom is -0.301 e. The van der Waals surface area contributed by atoms with Crippen molar-refractivity contribution in [1.29, 1.82) is 0 Å². The smallest absolute Gasteiger partial charge is 0.260 e. The number of nitrogens with zero attached hydrogens (tertiary/aromatic N) is 3. The fourth-order valence-corrected chi connectivity index (χ4v) is 5.09. The molecule has 0 fully saturated rings. The third-order valence-electron chi connectivity index (χ3n) is 3.95. The molecule has 3 heterocycles. The number of thiophene rings is 1. The van der Waals surface area contributed by atoms with Gasteiger partial charge in [0.1, 0.15) is 14.9 Å². The molecule has 0 amide bonds. The number of rotatable bonds is 6. The summed E-state index contributed by atoms with van der Waals surface area (Å²) in [6, 6.07) is 0. The van der Waals surface area contributed by atoms with Gasteiger partial charge >= 0.3 is 0 Å². The lowest BCUT2D eigenvalue weighted by atomic mass is 9.98. The average Bonchev–Trinajstić information content (AvgIpc) is 3.09. The summed E-state index contributed by atoms with van der Waals surface area (Å²) in [6.45, 7) is 6.45. The molecule has 5 nitrogen and oxygen atoms in total.